The van der Waals surface area contributed by atoms with Crippen LogP contribution in [-0.4, -0.2) is 36.6 Å². The van der Waals surface area contributed by atoms with Crippen LogP contribution in [0.15, 0.2) is 18.2 Å². The molecule has 1 aromatic carbocycles. The summed E-state index contributed by atoms with van der Waals surface area (Å²) in [6.07, 6.45) is -0.801. The molecule has 1 aliphatic heterocycles. The Morgan fingerprint density at radius 2 is 2.40 bits per heavy atom. The molecule has 5 nitrogen and oxygen atoms in total. The van der Waals surface area contributed by atoms with Crippen molar-refractivity contribution in [2.45, 2.75) is 12.1 Å². The van der Waals surface area contributed by atoms with Gasteiger partial charge in [-0.25, -0.2) is 4.39 Å². The number of morpholine rings is 1. The van der Waals surface area contributed by atoms with E-state index in [1.54, 1.807) is 4.90 Å². The summed E-state index contributed by atoms with van der Waals surface area (Å²) < 4.78 is 19.1. The van der Waals surface area contributed by atoms with Crippen LogP contribution < -0.4 is 5.73 Å². The van der Waals surface area contributed by atoms with E-state index in [4.69, 9.17) is 22.1 Å². The van der Waals surface area contributed by atoms with Crippen molar-refractivity contribution in [2.75, 3.05) is 19.7 Å². The van der Waals surface area contributed by atoms with E-state index < -0.39 is 23.9 Å². The Balaban J connectivity index is 2.29. The summed E-state index contributed by atoms with van der Waals surface area (Å²) in [4.78, 5) is 12.8. The number of nitrogens with two attached hydrogens (primary N) is 1. The van der Waals surface area contributed by atoms with E-state index in [0.717, 1.165) is 0 Å². The SMILES string of the molecule is N#C[C@H](c1c(F)cccc1Cl)N1CCO[C@H](C(N)=O)C1. The van der Waals surface area contributed by atoms with Gasteiger partial charge in [-0.2, -0.15) is 5.26 Å². The molecule has 0 saturated carbocycles. The van der Waals surface area contributed by atoms with Crippen LogP contribution in [-0.2, 0) is 9.53 Å². The Labute approximate surface area is 120 Å². The number of rotatable bonds is 3. The third-order valence-corrected chi connectivity index (χ3v) is 3.51. The van der Waals surface area contributed by atoms with Crippen molar-refractivity contribution in [3.63, 3.8) is 0 Å². The number of hydrogen-bond acceptors (Lipinski definition) is 4. The molecule has 2 atom stereocenters. The topological polar surface area (TPSA) is 79.3 Å². The molecule has 1 saturated heterocycles. The lowest BCUT2D eigenvalue weighted by molar-refractivity contribution is -0.135. The van der Waals surface area contributed by atoms with Crippen molar-refractivity contribution in [1.29, 1.82) is 5.26 Å². The van der Waals surface area contributed by atoms with Crippen LogP contribution in [0, 0.1) is 17.1 Å². The number of carbonyl (C=O) groups is 1. The lowest BCUT2D eigenvalue weighted by Gasteiger charge is -2.34. The van der Waals surface area contributed by atoms with Gasteiger partial charge in [0.25, 0.3) is 0 Å². The Hall–Kier alpha value is -1.68. The van der Waals surface area contributed by atoms with Gasteiger partial charge in [0.15, 0.2) is 0 Å². The van der Waals surface area contributed by atoms with Crippen LogP contribution in [0.3, 0.4) is 0 Å². The Morgan fingerprint density at radius 1 is 1.65 bits per heavy atom. The van der Waals surface area contributed by atoms with Gasteiger partial charge in [-0.15, -0.1) is 0 Å². The van der Waals surface area contributed by atoms with Crippen LogP contribution in [0.1, 0.15) is 11.6 Å². The van der Waals surface area contributed by atoms with Gasteiger partial charge >= 0.3 is 0 Å². The average Bonchev–Trinajstić information content (AvgIpc) is 2.43. The lowest BCUT2D eigenvalue weighted by atomic mass is 10.0. The summed E-state index contributed by atoms with van der Waals surface area (Å²) >= 11 is 5.98. The summed E-state index contributed by atoms with van der Waals surface area (Å²) in [5, 5.41) is 9.51. The van der Waals surface area contributed by atoms with Crippen LogP contribution in [0.4, 0.5) is 4.39 Å². The van der Waals surface area contributed by atoms with E-state index in [1.165, 1.54) is 18.2 Å². The van der Waals surface area contributed by atoms with Gasteiger partial charge in [-0.05, 0) is 12.1 Å². The van der Waals surface area contributed by atoms with E-state index in [1.807, 2.05) is 6.07 Å². The van der Waals surface area contributed by atoms with Crippen LogP contribution in [0.5, 0.6) is 0 Å². The normalized spacial score (nSPS) is 21.1. The molecule has 7 heteroatoms. The molecule has 0 aromatic heterocycles. The maximum absolute atomic E-state index is 13.9. The predicted octanol–water partition coefficient (Wildman–Crippen LogP) is 1.23. The molecule has 2 N–H and O–H groups in total. The molecule has 0 radical (unpaired) electrons. The van der Waals surface area contributed by atoms with Crippen molar-refractivity contribution in [2.24, 2.45) is 5.73 Å². The molecule has 2 rings (SSSR count). The minimum atomic E-state index is -0.880. The molecule has 1 amide bonds. The summed E-state index contributed by atoms with van der Waals surface area (Å²) in [5.41, 5.74) is 5.31. The molecule has 1 aromatic rings. The zero-order valence-corrected chi connectivity index (χ0v) is 11.3. The maximum Gasteiger partial charge on any atom is 0.247 e. The van der Waals surface area contributed by atoms with Gasteiger partial charge in [0, 0.05) is 23.7 Å². The summed E-state index contributed by atoms with van der Waals surface area (Å²) in [6, 6.07) is 5.39. The van der Waals surface area contributed by atoms with Crippen molar-refractivity contribution >= 4 is 17.5 Å². The molecule has 0 unspecified atom stereocenters. The standard InChI is InChI=1S/C13H13ClFN3O2/c14-8-2-1-3-9(15)12(8)10(6-16)18-4-5-20-11(7-18)13(17)19/h1-3,10-11H,4-5,7H2,(H2,17,19)/t10-,11+/m1/s1. The molecule has 0 bridgehead atoms. The first-order chi connectivity index (χ1) is 9.54. The summed E-state index contributed by atoms with van der Waals surface area (Å²) in [5.74, 6) is -1.16. The molecule has 0 spiro atoms. The highest BCUT2D eigenvalue weighted by atomic mass is 35.5. The highest BCUT2D eigenvalue weighted by molar-refractivity contribution is 6.31. The third-order valence-electron chi connectivity index (χ3n) is 3.18. The summed E-state index contributed by atoms with van der Waals surface area (Å²) in [6.45, 7) is 0.781. The van der Waals surface area contributed by atoms with Gasteiger partial charge in [0.1, 0.15) is 18.0 Å². The largest absolute Gasteiger partial charge is 0.367 e. The van der Waals surface area contributed by atoms with E-state index in [0.29, 0.717) is 6.54 Å². The van der Waals surface area contributed by atoms with Crippen molar-refractivity contribution in [3.05, 3.63) is 34.6 Å². The van der Waals surface area contributed by atoms with Crippen LogP contribution >= 0.6 is 11.6 Å². The zero-order chi connectivity index (χ0) is 14.7. The van der Waals surface area contributed by atoms with Gasteiger partial charge in [0.05, 0.1) is 12.7 Å². The van der Waals surface area contributed by atoms with Gasteiger partial charge in [-0.1, -0.05) is 17.7 Å². The molecule has 1 heterocycles. The highest BCUT2D eigenvalue weighted by Gasteiger charge is 2.32. The second-order valence-corrected chi connectivity index (χ2v) is 4.83. The monoisotopic (exact) mass is 297 g/mol. The maximum atomic E-state index is 13.9. The molecule has 20 heavy (non-hydrogen) atoms. The zero-order valence-electron chi connectivity index (χ0n) is 10.6. The number of nitrogens with zero attached hydrogens (tertiary/aromatic N) is 2. The minimum absolute atomic E-state index is 0.113. The van der Waals surface area contributed by atoms with Gasteiger partial charge in [0.2, 0.25) is 5.91 Å². The number of ether oxygens (including phenoxy) is 1. The molecule has 1 fully saturated rings. The predicted molar refractivity (Wildman–Crippen MR) is 70.3 cm³/mol. The fraction of sp³-hybridized carbons (Fsp3) is 0.385. The Kier molecular flexibility index (Phi) is 4.55. The number of carbonyl (C=O) groups excluding carboxylic acids is 1. The number of amides is 1. The quantitative estimate of drug-likeness (QED) is 0.910. The Bertz CT molecular complexity index is 541. The Morgan fingerprint density at radius 3 is 3.00 bits per heavy atom. The number of primary amides is 1. The second kappa shape index (κ2) is 6.18. The molecular formula is C13H13ClFN3O2. The van der Waals surface area contributed by atoms with Crippen molar-refractivity contribution < 1.29 is 13.9 Å². The lowest BCUT2D eigenvalue weighted by Crippen LogP contribution is -2.49. The number of halogens is 2. The van der Waals surface area contributed by atoms with E-state index in [2.05, 4.69) is 0 Å². The first-order valence-electron chi connectivity index (χ1n) is 6.03. The van der Waals surface area contributed by atoms with Gasteiger partial charge < -0.3 is 10.5 Å². The molecule has 106 valence electrons. The third kappa shape index (κ3) is 2.90. The number of benzene rings is 1. The number of nitriles is 1. The first kappa shape index (κ1) is 14.7. The molecule has 1 aliphatic rings. The van der Waals surface area contributed by atoms with Crippen molar-refractivity contribution in [1.82, 2.24) is 4.90 Å². The average molecular weight is 298 g/mol. The highest BCUT2D eigenvalue weighted by Crippen LogP contribution is 2.30. The minimum Gasteiger partial charge on any atom is -0.367 e. The second-order valence-electron chi connectivity index (χ2n) is 4.42. The van der Waals surface area contributed by atoms with Gasteiger partial charge in [-0.3, -0.25) is 9.69 Å². The molecular weight excluding hydrogens is 285 g/mol. The number of hydrogen-bond donors (Lipinski definition) is 1. The van der Waals surface area contributed by atoms with Crippen LogP contribution in [0.25, 0.3) is 0 Å². The fourth-order valence-corrected chi connectivity index (χ4v) is 2.44. The summed E-state index contributed by atoms with van der Waals surface area (Å²) in [7, 11) is 0. The smallest absolute Gasteiger partial charge is 0.247 e. The van der Waals surface area contributed by atoms with E-state index >= 15 is 0 Å². The van der Waals surface area contributed by atoms with E-state index in [-0.39, 0.29) is 23.7 Å². The fourth-order valence-electron chi connectivity index (χ4n) is 2.18. The van der Waals surface area contributed by atoms with Crippen LogP contribution in [0.2, 0.25) is 5.02 Å². The first-order valence-corrected chi connectivity index (χ1v) is 6.41. The molecule has 0 aliphatic carbocycles. The van der Waals surface area contributed by atoms with E-state index in [9.17, 15) is 14.4 Å². The van der Waals surface area contributed by atoms with Crippen molar-refractivity contribution in [3.8, 4) is 6.07 Å².